The molecule has 0 aliphatic carbocycles. The molecule has 3 rings (SSSR count). The van der Waals surface area contributed by atoms with Crippen molar-refractivity contribution in [2.45, 2.75) is 28.4 Å². The van der Waals surface area contributed by atoms with Crippen LogP contribution in [0.2, 0.25) is 5.02 Å². The van der Waals surface area contributed by atoms with Gasteiger partial charge in [0, 0.05) is 21.8 Å². The van der Waals surface area contributed by atoms with Crippen LogP contribution in [0.4, 0.5) is 11.5 Å². The van der Waals surface area contributed by atoms with E-state index < -0.39 is 10.0 Å². The van der Waals surface area contributed by atoms with Gasteiger partial charge in [-0.3, -0.25) is 9.52 Å². The first-order valence-corrected chi connectivity index (χ1v) is 11.9. The number of hydrogen-bond acceptors (Lipinski definition) is 5. The number of rotatable bonds is 8. The molecule has 1 heterocycles. The third-order valence-electron chi connectivity index (χ3n) is 4.09. The second-order valence-corrected chi connectivity index (χ2v) is 9.70. The number of nitrogens with one attached hydrogen (secondary N) is 2. The highest BCUT2D eigenvalue weighted by atomic mass is 35.5. The average molecular weight is 462 g/mol. The fraction of sp³-hybridized carbons (Fsp3) is 0.143. The van der Waals surface area contributed by atoms with Gasteiger partial charge in [-0.05, 0) is 67.1 Å². The molecule has 1 aromatic heterocycles. The van der Waals surface area contributed by atoms with Crippen molar-refractivity contribution in [1.29, 1.82) is 0 Å². The first-order chi connectivity index (χ1) is 14.4. The molecule has 1 atom stereocenters. The molecule has 156 valence electrons. The van der Waals surface area contributed by atoms with E-state index in [2.05, 4.69) is 15.0 Å². The quantitative estimate of drug-likeness (QED) is 0.458. The number of halogens is 1. The van der Waals surface area contributed by atoms with Gasteiger partial charge in [0.25, 0.3) is 10.0 Å². The van der Waals surface area contributed by atoms with Crippen molar-refractivity contribution in [2.75, 3.05) is 10.0 Å². The lowest BCUT2D eigenvalue weighted by Crippen LogP contribution is -2.24. The first-order valence-electron chi connectivity index (χ1n) is 9.14. The number of pyridine rings is 1. The van der Waals surface area contributed by atoms with Crippen LogP contribution >= 0.6 is 23.4 Å². The molecule has 0 unspecified atom stereocenters. The van der Waals surface area contributed by atoms with Crippen molar-refractivity contribution in [3.8, 4) is 0 Å². The number of carbonyl (C=O) groups is 1. The number of carbonyl (C=O) groups excluding carboxylic acids is 1. The second kappa shape index (κ2) is 9.97. The van der Waals surface area contributed by atoms with Crippen molar-refractivity contribution in [3.63, 3.8) is 0 Å². The van der Waals surface area contributed by atoms with Gasteiger partial charge in [0.2, 0.25) is 5.91 Å². The molecule has 0 saturated heterocycles. The summed E-state index contributed by atoms with van der Waals surface area (Å²) < 4.78 is 27.3. The third-order valence-corrected chi connectivity index (χ3v) is 7.09. The minimum atomic E-state index is -3.76. The molecular weight excluding hydrogens is 442 g/mol. The Hall–Kier alpha value is -2.55. The summed E-state index contributed by atoms with van der Waals surface area (Å²) in [5.74, 6) is 0.0829. The van der Waals surface area contributed by atoms with Crippen molar-refractivity contribution < 1.29 is 13.2 Å². The van der Waals surface area contributed by atoms with Crippen LogP contribution in [0.3, 0.4) is 0 Å². The van der Waals surface area contributed by atoms with Crippen molar-refractivity contribution in [2.24, 2.45) is 0 Å². The van der Waals surface area contributed by atoms with Crippen LogP contribution in [-0.2, 0) is 14.8 Å². The summed E-state index contributed by atoms with van der Waals surface area (Å²) in [4.78, 5) is 17.6. The predicted molar refractivity (Wildman–Crippen MR) is 122 cm³/mol. The van der Waals surface area contributed by atoms with E-state index >= 15 is 0 Å². The van der Waals surface area contributed by atoms with Gasteiger partial charge in [0.05, 0.1) is 10.1 Å². The van der Waals surface area contributed by atoms with Crippen LogP contribution in [0.1, 0.15) is 13.3 Å². The zero-order valence-electron chi connectivity index (χ0n) is 16.1. The maximum absolute atomic E-state index is 12.6. The zero-order valence-corrected chi connectivity index (χ0v) is 18.5. The van der Waals surface area contributed by atoms with Crippen LogP contribution in [0, 0.1) is 0 Å². The molecule has 0 bridgehead atoms. The Balaban J connectivity index is 1.65. The highest BCUT2D eigenvalue weighted by molar-refractivity contribution is 8.00. The summed E-state index contributed by atoms with van der Waals surface area (Å²) in [7, 11) is -3.76. The number of anilines is 2. The standard InChI is InChI=1S/C21H20ClN3O3S2/c1-2-19(29-17-10-6-15(22)7-11-17)21(26)24-16-8-12-18(13-9-16)30(27,28)25-20-5-3-4-14-23-20/h3-14,19H,2H2,1H3,(H,23,25)(H,24,26)/t19-/m0/s1. The van der Waals surface area contributed by atoms with Gasteiger partial charge in [-0.2, -0.15) is 0 Å². The highest BCUT2D eigenvalue weighted by Gasteiger charge is 2.19. The fourth-order valence-electron chi connectivity index (χ4n) is 2.56. The Bertz CT molecular complexity index is 1090. The van der Waals surface area contributed by atoms with E-state index in [-0.39, 0.29) is 21.9 Å². The SMILES string of the molecule is CC[C@H](Sc1ccc(Cl)cc1)C(=O)Nc1ccc(S(=O)(=O)Nc2ccccn2)cc1. The lowest BCUT2D eigenvalue weighted by molar-refractivity contribution is -0.115. The summed E-state index contributed by atoms with van der Waals surface area (Å²) in [6, 6.07) is 18.3. The number of hydrogen-bond donors (Lipinski definition) is 2. The zero-order chi connectivity index (χ0) is 21.6. The Morgan fingerprint density at radius 1 is 1.07 bits per heavy atom. The third kappa shape index (κ3) is 5.98. The van der Waals surface area contributed by atoms with Crippen molar-refractivity contribution in [1.82, 2.24) is 4.98 Å². The normalized spacial score (nSPS) is 12.2. The summed E-state index contributed by atoms with van der Waals surface area (Å²) in [6.07, 6.45) is 2.14. The Morgan fingerprint density at radius 2 is 1.77 bits per heavy atom. The molecule has 0 saturated carbocycles. The number of thioether (sulfide) groups is 1. The lowest BCUT2D eigenvalue weighted by atomic mass is 10.3. The molecule has 9 heteroatoms. The fourth-order valence-corrected chi connectivity index (χ4v) is 4.65. The summed E-state index contributed by atoms with van der Waals surface area (Å²) >= 11 is 7.35. The van der Waals surface area contributed by atoms with Crippen LogP contribution < -0.4 is 10.0 Å². The van der Waals surface area contributed by atoms with E-state index in [1.807, 2.05) is 19.1 Å². The van der Waals surface area contributed by atoms with Crippen LogP contribution in [0.5, 0.6) is 0 Å². The van der Waals surface area contributed by atoms with Gasteiger partial charge in [0.1, 0.15) is 5.82 Å². The smallest absolute Gasteiger partial charge is 0.263 e. The van der Waals surface area contributed by atoms with Gasteiger partial charge in [-0.1, -0.05) is 24.6 Å². The van der Waals surface area contributed by atoms with E-state index in [1.165, 1.54) is 30.1 Å². The number of sulfonamides is 1. The van der Waals surface area contributed by atoms with E-state index in [4.69, 9.17) is 11.6 Å². The molecule has 6 nitrogen and oxygen atoms in total. The van der Waals surface area contributed by atoms with E-state index in [0.29, 0.717) is 17.1 Å². The van der Waals surface area contributed by atoms with Gasteiger partial charge in [-0.25, -0.2) is 13.4 Å². The minimum Gasteiger partial charge on any atom is -0.325 e. The van der Waals surface area contributed by atoms with Crippen LogP contribution in [-0.4, -0.2) is 24.6 Å². The molecule has 30 heavy (non-hydrogen) atoms. The minimum absolute atomic E-state index is 0.0775. The van der Waals surface area contributed by atoms with E-state index in [1.54, 1.807) is 42.5 Å². The molecule has 2 N–H and O–H groups in total. The molecule has 3 aromatic rings. The van der Waals surface area contributed by atoms with Gasteiger partial charge in [0.15, 0.2) is 0 Å². The summed E-state index contributed by atoms with van der Waals surface area (Å²) in [5.41, 5.74) is 0.520. The lowest BCUT2D eigenvalue weighted by Gasteiger charge is -2.15. The number of aromatic nitrogens is 1. The number of nitrogens with zero attached hydrogens (tertiary/aromatic N) is 1. The molecule has 0 radical (unpaired) electrons. The topological polar surface area (TPSA) is 88.2 Å². The molecule has 2 aromatic carbocycles. The van der Waals surface area contributed by atoms with Crippen LogP contribution in [0.25, 0.3) is 0 Å². The van der Waals surface area contributed by atoms with Crippen molar-refractivity contribution >= 4 is 50.8 Å². The maximum Gasteiger partial charge on any atom is 0.263 e. The van der Waals surface area contributed by atoms with E-state index in [9.17, 15) is 13.2 Å². The molecule has 1 amide bonds. The molecule has 0 fully saturated rings. The molecule has 0 aliphatic rings. The second-order valence-electron chi connectivity index (χ2n) is 6.30. The Morgan fingerprint density at radius 3 is 2.37 bits per heavy atom. The van der Waals surface area contributed by atoms with Gasteiger partial charge in [-0.15, -0.1) is 11.8 Å². The largest absolute Gasteiger partial charge is 0.325 e. The molecule has 0 aliphatic heterocycles. The summed E-state index contributed by atoms with van der Waals surface area (Å²) in [5, 5.41) is 3.19. The predicted octanol–water partition coefficient (Wildman–Crippen LogP) is 5.05. The van der Waals surface area contributed by atoms with Gasteiger partial charge >= 0.3 is 0 Å². The summed E-state index contributed by atoms with van der Waals surface area (Å²) in [6.45, 7) is 1.94. The Kier molecular flexibility index (Phi) is 7.36. The first kappa shape index (κ1) is 22.1. The number of benzene rings is 2. The van der Waals surface area contributed by atoms with Gasteiger partial charge < -0.3 is 5.32 Å². The van der Waals surface area contributed by atoms with Crippen molar-refractivity contribution in [3.05, 3.63) is 77.9 Å². The molecule has 0 spiro atoms. The van der Waals surface area contributed by atoms with Crippen LogP contribution in [0.15, 0.2) is 82.7 Å². The number of amides is 1. The van der Waals surface area contributed by atoms with E-state index in [0.717, 1.165) is 4.90 Å². The monoisotopic (exact) mass is 461 g/mol. The molecular formula is C21H20ClN3O3S2. The average Bonchev–Trinajstić information content (AvgIpc) is 2.74. The Labute approximate surface area is 185 Å². The maximum atomic E-state index is 12.6. The highest BCUT2D eigenvalue weighted by Crippen LogP contribution is 2.28.